The number of nitrogens with zero attached hydrogens (tertiary/aromatic N) is 4. The molecule has 0 spiro atoms. The summed E-state index contributed by atoms with van der Waals surface area (Å²) in [5.74, 6) is -3.97. The maximum absolute atomic E-state index is 14.3. The number of aromatic nitrogens is 1. The van der Waals surface area contributed by atoms with Gasteiger partial charge in [0.25, 0.3) is 5.92 Å². The maximum Gasteiger partial charge on any atom is 0.337 e. The van der Waals surface area contributed by atoms with E-state index >= 15 is 0 Å². The van der Waals surface area contributed by atoms with Crippen LogP contribution in [-0.4, -0.2) is 70.1 Å². The SMILES string of the molecule is Cc1cc(F)ccc1CN1CCc2cc(-c3c(CN4CCC(F)(F)CC4)nc(C)c(C(OC(C)(C)C)C(=O)O)c3N3CCC(C)(C)CC3)ccc2C1. The summed E-state index contributed by atoms with van der Waals surface area (Å²) in [6, 6.07) is 11.5. The number of aryl methyl sites for hydroxylation is 2. The first-order valence-electron chi connectivity index (χ1n) is 18.8. The van der Waals surface area contributed by atoms with E-state index < -0.39 is 23.6 Å². The van der Waals surface area contributed by atoms with E-state index in [2.05, 4.69) is 46.7 Å². The second-order valence-corrected chi connectivity index (χ2v) is 17.0. The lowest BCUT2D eigenvalue weighted by Gasteiger charge is -2.41. The van der Waals surface area contributed by atoms with E-state index in [1.54, 1.807) is 6.07 Å². The molecule has 2 saturated heterocycles. The summed E-state index contributed by atoms with van der Waals surface area (Å²) in [7, 11) is 0. The molecule has 3 aliphatic rings. The molecule has 4 heterocycles. The third-order valence-corrected chi connectivity index (χ3v) is 11.1. The van der Waals surface area contributed by atoms with Crippen molar-refractivity contribution in [2.24, 2.45) is 5.41 Å². The number of hydrogen-bond acceptors (Lipinski definition) is 6. The predicted octanol–water partition coefficient (Wildman–Crippen LogP) is 8.86. The van der Waals surface area contributed by atoms with Crippen molar-refractivity contribution in [1.82, 2.24) is 14.8 Å². The van der Waals surface area contributed by atoms with Gasteiger partial charge in [0.2, 0.25) is 0 Å². The second-order valence-electron chi connectivity index (χ2n) is 17.0. The van der Waals surface area contributed by atoms with Crippen LogP contribution in [0.15, 0.2) is 36.4 Å². The summed E-state index contributed by atoms with van der Waals surface area (Å²) in [6.07, 6.45) is 1.07. The molecule has 10 heteroatoms. The molecule has 3 aliphatic heterocycles. The minimum atomic E-state index is -2.67. The molecule has 52 heavy (non-hydrogen) atoms. The Balaban J connectivity index is 1.47. The number of piperidine rings is 2. The van der Waals surface area contributed by atoms with Crippen molar-refractivity contribution in [2.45, 2.75) is 118 Å². The van der Waals surface area contributed by atoms with Crippen LogP contribution < -0.4 is 4.90 Å². The van der Waals surface area contributed by atoms with Crippen LogP contribution in [-0.2, 0) is 35.6 Å². The fourth-order valence-electron chi connectivity index (χ4n) is 7.97. The Morgan fingerprint density at radius 2 is 1.62 bits per heavy atom. The Bertz CT molecular complexity index is 1780. The highest BCUT2D eigenvalue weighted by molar-refractivity contribution is 5.88. The van der Waals surface area contributed by atoms with Gasteiger partial charge in [-0.15, -0.1) is 0 Å². The molecule has 0 bridgehead atoms. The zero-order valence-corrected chi connectivity index (χ0v) is 31.9. The van der Waals surface area contributed by atoms with E-state index in [-0.39, 0.29) is 37.2 Å². The molecule has 2 fully saturated rings. The molecule has 0 aliphatic carbocycles. The van der Waals surface area contributed by atoms with Gasteiger partial charge in [-0.2, -0.15) is 0 Å². The fraction of sp³-hybridized carbons (Fsp3) is 0.571. The van der Waals surface area contributed by atoms with Crippen LogP contribution in [0.4, 0.5) is 18.9 Å². The van der Waals surface area contributed by atoms with Crippen LogP contribution >= 0.6 is 0 Å². The van der Waals surface area contributed by atoms with E-state index in [1.807, 2.05) is 40.7 Å². The van der Waals surface area contributed by atoms with Gasteiger partial charge in [0.1, 0.15) is 5.82 Å². The Labute approximate surface area is 307 Å². The summed E-state index contributed by atoms with van der Waals surface area (Å²) in [5.41, 5.74) is 8.48. The lowest BCUT2D eigenvalue weighted by atomic mass is 9.81. The van der Waals surface area contributed by atoms with Gasteiger partial charge < -0.3 is 14.7 Å². The Hall–Kier alpha value is -3.47. The molecule has 1 unspecified atom stereocenters. The van der Waals surface area contributed by atoms with Crippen molar-refractivity contribution < 1.29 is 27.8 Å². The number of likely N-dealkylation sites (tertiary alicyclic amines) is 1. The molecule has 1 N–H and O–H groups in total. The second kappa shape index (κ2) is 14.7. The number of benzene rings is 2. The lowest BCUT2D eigenvalue weighted by Crippen LogP contribution is -2.40. The van der Waals surface area contributed by atoms with Gasteiger partial charge in [0, 0.05) is 82.0 Å². The summed E-state index contributed by atoms with van der Waals surface area (Å²) in [6.45, 7) is 18.7. The molecule has 282 valence electrons. The number of carbonyl (C=O) groups is 1. The molecule has 6 rings (SSSR count). The molecule has 0 saturated carbocycles. The highest BCUT2D eigenvalue weighted by Gasteiger charge is 2.39. The first-order valence-corrected chi connectivity index (χ1v) is 18.8. The number of halogens is 3. The van der Waals surface area contributed by atoms with Crippen LogP contribution in [0.3, 0.4) is 0 Å². The third kappa shape index (κ3) is 8.83. The van der Waals surface area contributed by atoms with Crippen LogP contribution in [0.25, 0.3) is 11.1 Å². The number of fused-ring (bicyclic) bond motifs is 1. The number of hydrogen-bond donors (Lipinski definition) is 1. The van der Waals surface area contributed by atoms with Crippen LogP contribution in [0.1, 0.15) is 106 Å². The average molecular weight is 721 g/mol. The number of carboxylic acid groups (broad SMARTS) is 1. The van der Waals surface area contributed by atoms with Gasteiger partial charge >= 0.3 is 5.97 Å². The highest BCUT2D eigenvalue weighted by atomic mass is 19.3. The number of carboxylic acids is 1. The summed E-state index contributed by atoms with van der Waals surface area (Å²) in [5, 5.41) is 10.7. The van der Waals surface area contributed by atoms with Crippen LogP contribution in [0.2, 0.25) is 0 Å². The van der Waals surface area contributed by atoms with Crippen LogP contribution in [0, 0.1) is 25.1 Å². The quantitative estimate of drug-likeness (QED) is 0.237. The molecule has 0 radical (unpaired) electrons. The van der Waals surface area contributed by atoms with Gasteiger partial charge in [-0.3, -0.25) is 14.8 Å². The number of anilines is 1. The lowest BCUT2D eigenvalue weighted by molar-refractivity contribution is -0.160. The normalized spacial score (nSPS) is 20.1. The topological polar surface area (TPSA) is 69.1 Å². The smallest absolute Gasteiger partial charge is 0.337 e. The minimum absolute atomic E-state index is 0.152. The van der Waals surface area contributed by atoms with Gasteiger partial charge in [-0.25, -0.2) is 18.0 Å². The molecule has 1 atom stereocenters. The van der Waals surface area contributed by atoms with E-state index in [9.17, 15) is 23.1 Å². The monoisotopic (exact) mass is 720 g/mol. The van der Waals surface area contributed by atoms with Crippen molar-refractivity contribution in [3.05, 3.63) is 81.4 Å². The summed E-state index contributed by atoms with van der Waals surface area (Å²) in [4.78, 5) is 25.0. The average Bonchev–Trinajstić information content (AvgIpc) is 3.05. The van der Waals surface area contributed by atoms with Crippen molar-refractivity contribution in [1.29, 1.82) is 0 Å². The molecule has 2 aromatic carbocycles. The Morgan fingerprint density at radius 3 is 2.25 bits per heavy atom. The number of ether oxygens (including phenoxy) is 1. The van der Waals surface area contributed by atoms with Crippen molar-refractivity contribution >= 4 is 11.7 Å². The Kier molecular flexibility index (Phi) is 10.9. The zero-order valence-electron chi connectivity index (χ0n) is 31.9. The van der Waals surface area contributed by atoms with E-state index in [1.165, 1.54) is 17.2 Å². The van der Waals surface area contributed by atoms with Gasteiger partial charge in [0.05, 0.1) is 17.0 Å². The molecule has 1 aromatic heterocycles. The molecule has 7 nitrogen and oxygen atoms in total. The maximum atomic E-state index is 14.3. The van der Waals surface area contributed by atoms with Crippen molar-refractivity contribution in [3.63, 3.8) is 0 Å². The van der Waals surface area contributed by atoms with E-state index in [0.717, 1.165) is 85.6 Å². The standard InChI is InChI=1S/C42H55F3N4O3/c1-27-22-33(43)11-10-31(27)24-48-17-12-29-23-30(8-9-32(29)25-48)36-34(26-47-18-15-42(44,45)16-19-47)46-28(2)35(38(39(50)51)52-40(3,4)5)37(36)49-20-13-41(6,7)14-21-49/h8-11,22-23,38H,12-21,24-26H2,1-7H3,(H,50,51). The predicted molar refractivity (Wildman–Crippen MR) is 199 cm³/mol. The first-order chi connectivity index (χ1) is 24.4. The number of alkyl halides is 2. The fourth-order valence-corrected chi connectivity index (χ4v) is 7.97. The van der Waals surface area contributed by atoms with Crippen molar-refractivity contribution in [2.75, 3.05) is 37.6 Å². The highest BCUT2D eigenvalue weighted by Crippen LogP contribution is 2.46. The number of aliphatic carboxylic acids is 1. The van der Waals surface area contributed by atoms with Crippen molar-refractivity contribution in [3.8, 4) is 11.1 Å². The molecular weight excluding hydrogens is 665 g/mol. The van der Waals surface area contributed by atoms with Crippen LogP contribution in [0.5, 0.6) is 0 Å². The molecule has 3 aromatic rings. The first kappa shape index (κ1) is 38.3. The number of rotatable bonds is 9. The Morgan fingerprint density at radius 1 is 0.923 bits per heavy atom. The molecule has 0 amide bonds. The third-order valence-electron chi connectivity index (χ3n) is 11.1. The largest absolute Gasteiger partial charge is 0.479 e. The number of pyridine rings is 1. The molecular formula is C42H55F3N4O3. The summed E-state index contributed by atoms with van der Waals surface area (Å²) < 4.78 is 48.6. The summed E-state index contributed by atoms with van der Waals surface area (Å²) >= 11 is 0. The van der Waals surface area contributed by atoms with Gasteiger partial charge in [-0.1, -0.05) is 38.1 Å². The minimum Gasteiger partial charge on any atom is -0.479 e. The van der Waals surface area contributed by atoms with E-state index in [0.29, 0.717) is 17.8 Å². The van der Waals surface area contributed by atoms with Gasteiger partial charge in [0.15, 0.2) is 6.10 Å². The zero-order chi connectivity index (χ0) is 37.6. The van der Waals surface area contributed by atoms with Gasteiger partial charge in [-0.05, 0) is 99.2 Å². The van der Waals surface area contributed by atoms with E-state index in [4.69, 9.17) is 9.72 Å².